The van der Waals surface area contributed by atoms with Gasteiger partial charge in [-0.1, -0.05) is 23.9 Å². The van der Waals surface area contributed by atoms with Gasteiger partial charge in [0.1, 0.15) is 24.6 Å². The van der Waals surface area contributed by atoms with Crippen LogP contribution >= 0.6 is 11.8 Å². The van der Waals surface area contributed by atoms with Crippen LogP contribution in [-0.4, -0.2) is 44.5 Å². The molecule has 5 rings (SSSR count). The quantitative estimate of drug-likeness (QED) is 0.533. The predicted octanol–water partition coefficient (Wildman–Crippen LogP) is 2.78. The summed E-state index contributed by atoms with van der Waals surface area (Å²) in [7, 11) is 0. The number of ether oxygens (including phenoxy) is 2. The van der Waals surface area contributed by atoms with Crippen LogP contribution in [0.1, 0.15) is 0 Å². The lowest BCUT2D eigenvalue weighted by Crippen LogP contribution is -2.17. The first-order valence-corrected chi connectivity index (χ1v) is 9.67. The molecule has 3 heterocycles. The summed E-state index contributed by atoms with van der Waals surface area (Å²) in [5, 5.41) is 11.7. The highest BCUT2D eigenvalue weighted by Gasteiger charge is 2.15. The summed E-state index contributed by atoms with van der Waals surface area (Å²) in [4.78, 5) is 17.1. The molecule has 1 aliphatic heterocycles. The Morgan fingerprint density at radius 2 is 2.00 bits per heavy atom. The third-order valence-corrected chi connectivity index (χ3v) is 5.22. The van der Waals surface area contributed by atoms with Gasteiger partial charge < -0.3 is 14.8 Å². The lowest BCUT2D eigenvalue weighted by molar-refractivity contribution is -0.113. The van der Waals surface area contributed by atoms with Gasteiger partial charge in [-0.05, 0) is 24.3 Å². The standard InChI is InChI=1S/C19H15N5O3S/c25-17(21-12-5-6-15-16(9-12)27-8-7-26-15)10-28-19-18-23-20-11-24(18)14-4-2-1-3-13(14)22-19/h1-6,9,11H,7-8,10H2,(H,21,25). The number of para-hydroxylation sites is 2. The maximum Gasteiger partial charge on any atom is 0.234 e. The Morgan fingerprint density at radius 3 is 2.93 bits per heavy atom. The molecule has 1 N–H and O–H groups in total. The fraction of sp³-hybridized carbons (Fsp3) is 0.158. The second-order valence-electron chi connectivity index (χ2n) is 6.13. The van der Waals surface area contributed by atoms with Crippen LogP contribution in [0.3, 0.4) is 0 Å². The van der Waals surface area contributed by atoms with Crippen LogP contribution < -0.4 is 14.8 Å². The molecule has 2 aromatic carbocycles. The van der Waals surface area contributed by atoms with Gasteiger partial charge in [-0.3, -0.25) is 9.20 Å². The van der Waals surface area contributed by atoms with Crippen molar-refractivity contribution in [1.82, 2.24) is 19.6 Å². The lowest BCUT2D eigenvalue weighted by Gasteiger charge is -2.19. The molecule has 0 radical (unpaired) electrons. The second kappa shape index (κ2) is 7.01. The summed E-state index contributed by atoms with van der Waals surface area (Å²) in [6.45, 7) is 1.04. The number of fused-ring (bicyclic) bond motifs is 4. The number of nitrogens with zero attached hydrogens (tertiary/aromatic N) is 4. The fourth-order valence-corrected chi connectivity index (χ4v) is 3.80. The number of hydrogen-bond donors (Lipinski definition) is 1. The lowest BCUT2D eigenvalue weighted by atomic mass is 10.2. The van der Waals surface area contributed by atoms with Crippen molar-refractivity contribution in [1.29, 1.82) is 0 Å². The summed E-state index contributed by atoms with van der Waals surface area (Å²) in [5.74, 6) is 1.38. The van der Waals surface area contributed by atoms with Gasteiger partial charge in [0.2, 0.25) is 5.91 Å². The van der Waals surface area contributed by atoms with Crippen LogP contribution in [0.2, 0.25) is 0 Å². The molecule has 28 heavy (non-hydrogen) atoms. The molecular formula is C19H15N5O3S. The smallest absolute Gasteiger partial charge is 0.234 e. The van der Waals surface area contributed by atoms with E-state index in [4.69, 9.17) is 9.47 Å². The van der Waals surface area contributed by atoms with Crippen LogP contribution in [0.25, 0.3) is 16.7 Å². The number of carbonyl (C=O) groups is 1. The average Bonchev–Trinajstić information content (AvgIpc) is 3.22. The Bertz CT molecular complexity index is 1190. The van der Waals surface area contributed by atoms with E-state index >= 15 is 0 Å². The molecule has 0 aliphatic carbocycles. The highest BCUT2D eigenvalue weighted by atomic mass is 32.2. The topological polar surface area (TPSA) is 90.6 Å². The van der Waals surface area contributed by atoms with E-state index in [1.807, 2.05) is 28.7 Å². The third kappa shape index (κ3) is 3.09. The molecule has 0 bridgehead atoms. The van der Waals surface area contributed by atoms with Crippen molar-refractivity contribution in [2.24, 2.45) is 0 Å². The summed E-state index contributed by atoms with van der Waals surface area (Å²) >= 11 is 1.32. The minimum Gasteiger partial charge on any atom is -0.486 e. The van der Waals surface area contributed by atoms with Crippen LogP contribution in [0.15, 0.2) is 53.8 Å². The van der Waals surface area contributed by atoms with Gasteiger partial charge in [-0.25, -0.2) is 4.98 Å². The Hall–Kier alpha value is -3.33. The van der Waals surface area contributed by atoms with Gasteiger partial charge in [0, 0.05) is 11.8 Å². The van der Waals surface area contributed by atoms with E-state index in [1.165, 1.54) is 11.8 Å². The molecule has 1 amide bonds. The molecule has 0 spiro atoms. The van der Waals surface area contributed by atoms with Crippen LogP contribution in [0, 0.1) is 0 Å². The molecule has 0 atom stereocenters. The van der Waals surface area contributed by atoms with Crippen molar-refractivity contribution in [3.63, 3.8) is 0 Å². The second-order valence-corrected chi connectivity index (χ2v) is 7.09. The van der Waals surface area contributed by atoms with Crippen molar-refractivity contribution >= 4 is 40.0 Å². The molecule has 8 nitrogen and oxygen atoms in total. The fourth-order valence-electron chi connectivity index (χ4n) is 3.03. The van der Waals surface area contributed by atoms with Crippen LogP contribution in [0.4, 0.5) is 5.69 Å². The van der Waals surface area contributed by atoms with E-state index in [1.54, 1.807) is 24.5 Å². The zero-order valence-electron chi connectivity index (χ0n) is 14.7. The average molecular weight is 393 g/mol. The number of nitrogens with one attached hydrogen (secondary N) is 1. The van der Waals surface area contributed by atoms with Crippen molar-refractivity contribution < 1.29 is 14.3 Å². The number of amides is 1. The Morgan fingerprint density at radius 1 is 1.14 bits per heavy atom. The molecule has 0 saturated heterocycles. The van der Waals surface area contributed by atoms with Gasteiger partial charge in [0.05, 0.1) is 16.8 Å². The Labute approximate surface area is 163 Å². The van der Waals surface area contributed by atoms with E-state index in [0.717, 1.165) is 11.0 Å². The van der Waals surface area contributed by atoms with Crippen molar-refractivity contribution in [3.05, 3.63) is 48.8 Å². The highest BCUT2D eigenvalue weighted by Crippen LogP contribution is 2.32. The van der Waals surface area contributed by atoms with Crippen molar-refractivity contribution in [2.45, 2.75) is 5.03 Å². The minimum atomic E-state index is -0.144. The van der Waals surface area contributed by atoms with Crippen molar-refractivity contribution in [3.8, 4) is 11.5 Å². The molecule has 9 heteroatoms. The van der Waals surface area contributed by atoms with E-state index in [2.05, 4.69) is 20.5 Å². The number of rotatable bonds is 4. The maximum absolute atomic E-state index is 12.4. The number of thioether (sulfide) groups is 1. The Balaban J connectivity index is 1.33. The molecule has 0 unspecified atom stereocenters. The Kier molecular flexibility index (Phi) is 4.21. The van der Waals surface area contributed by atoms with E-state index in [0.29, 0.717) is 41.1 Å². The number of anilines is 1. The first-order valence-electron chi connectivity index (χ1n) is 8.69. The first kappa shape index (κ1) is 16.8. The predicted molar refractivity (Wildman–Crippen MR) is 105 cm³/mol. The number of benzene rings is 2. The van der Waals surface area contributed by atoms with E-state index in [-0.39, 0.29) is 11.7 Å². The summed E-state index contributed by atoms with van der Waals surface area (Å²) in [5.41, 5.74) is 3.04. The van der Waals surface area contributed by atoms with Crippen LogP contribution in [-0.2, 0) is 4.79 Å². The monoisotopic (exact) mass is 393 g/mol. The van der Waals surface area contributed by atoms with E-state index in [9.17, 15) is 4.79 Å². The summed E-state index contributed by atoms with van der Waals surface area (Å²) in [6, 6.07) is 13.1. The molecule has 4 aromatic rings. The first-order chi connectivity index (χ1) is 13.8. The number of carbonyl (C=O) groups excluding carboxylic acids is 1. The van der Waals surface area contributed by atoms with Gasteiger partial charge >= 0.3 is 0 Å². The molecule has 2 aromatic heterocycles. The molecule has 0 saturated carbocycles. The number of hydrogen-bond acceptors (Lipinski definition) is 7. The largest absolute Gasteiger partial charge is 0.486 e. The van der Waals surface area contributed by atoms with Gasteiger partial charge in [-0.2, -0.15) is 0 Å². The van der Waals surface area contributed by atoms with Gasteiger partial charge in [-0.15, -0.1) is 10.2 Å². The zero-order valence-corrected chi connectivity index (χ0v) is 15.5. The summed E-state index contributed by atoms with van der Waals surface area (Å²) in [6.07, 6.45) is 1.65. The maximum atomic E-state index is 12.4. The van der Waals surface area contributed by atoms with E-state index < -0.39 is 0 Å². The molecule has 1 aliphatic rings. The van der Waals surface area contributed by atoms with Crippen molar-refractivity contribution in [2.75, 3.05) is 24.3 Å². The number of aromatic nitrogens is 4. The minimum absolute atomic E-state index is 0.144. The van der Waals surface area contributed by atoms with Gasteiger partial charge in [0.15, 0.2) is 17.1 Å². The summed E-state index contributed by atoms with van der Waals surface area (Å²) < 4.78 is 12.9. The zero-order chi connectivity index (χ0) is 18.9. The third-order valence-electron chi connectivity index (χ3n) is 4.27. The molecule has 0 fully saturated rings. The molecule has 140 valence electrons. The highest BCUT2D eigenvalue weighted by molar-refractivity contribution is 8.00. The van der Waals surface area contributed by atoms with Crippen LogP contribution in [0.5, 0.6) is 11.5 Å². The SMILES string of the molecule is O=C(CSc1nc2ccccc2n2cnnc12)Nc1ccc2c(c1)OCCO2. The normalized spacial score (nSPS) is 13.0. The molecular weight excluding hydrogens is 378 g/mol. The van der Waals surface area contributed by atoms with Gasteiger partial charge in [0.25, 0.3) is 0 Å².